The minimum absolute atomic E-state index is 0.545. The first-order chi connectivity index (χ1) is 9.26. The van der Waals surface area contributed by atoms with E-state index < -0.39 is 0 Å². The topological polar surface area (TPSA) is 38.2 Å². The third-order valence-corrected chi connectivity index (χ3v) is 4.18. The first-order valence-corrected chi connectivity index (χ1v) is 7.42. The van der Waals surface area contributed by atoms with E-state index in [1.54, 1.807) is 7.11 Å². The molecule has 4 nitrogen and oxygen atoms in total. The van der Waals surface area contributed by atoms with Gasteiger partial charge in [-0.05, 0) is 31.6 Å². The molecular weight excluding hydrogens is 262 g/mol. The second-order valence-electron chi connectivity index (χ2n) is 5.57. The van der Waals surface area contributed by atoms with Crippen LogP contribution in [0.3, 0.4) is 0 Å². The SMILES string of the molecule is COCC1CCN(c2cc(Cl)nc(C3CC3)n2)CC1. The number of rotatable bonds is 4. The molecule has 0 atom stereocenters. The Morgan fingerprint density at radius 3 is 2.63 bits per heavy atom. The normalized spacial score (nSPS) is 20.8. The number of hydrogen-bond acceptors (Lipinski definition) is 4. The van der Waals surface area contributed by atoms with Crippen LogP contribution in [0.1, 0.15) is 37.4 Å². The quantitative estimate of drug-likeness (QED) is 0.796. The van der Waals surface area contributed by atoms with Crippen molar-refractivity contribution in [2.24, 2.45) is 5.92 Å². The fourth-order valence-electron chi connectivity index (χ4n) is 2.67. The fourth-order valence-corrected chi connectivity index (χ4v) is 2.86. The standard InChI is InChI=1S/C14H20ClN3O/c1-19-9-10-4-6-18(7-5-10)13-8-12(15)16-14(17-13)11-2-3-11/h8,10-11H,2-7,9H2,1H3. The Bertz CT molecular complexity index is 442. The lowest BCUT2D eigenvalue weighted by Crippen LogP contribution is -2.35. The molecule has 1 aromatic rings. The maximum Gasteiger partial charge on any atom is 0.135 e. The molecule has 1 aromatic heterocycles. The van der Waals surface area contributed by atoms with Gasteiger partial charge in [0.25, 0.3) is 0 Å². The van der Waals surface area contributed by atoms with Gasteiger partial charge in [-0.1, -0.05) is 11.6 Å². The molecule has 3 rings (SSSR count). The van der Waals surface area contributed by atoms with Crippen LogP contribution in [0.4, 0.5) is 5.82 Å². The van der Waals surface area contributed by atoms with Crippen molar-refractivity contribution in [1.82, 2.24) is 9.97 Å². The van der Waals surface area contributed by atoms with Crippen molar-refractivity contribution in [3.05, 3.63) is 17.0 Å². The van der Waals surface area contributed by atoms with Crippen molar-refractivity contribution in [3.63, 3.8) is 0 Å². The van der Waals surface area contributed by atoms with Gasteiger partial charge in [0.1, 0.15) is 16.8 Å². The van der Waals surface area contributed by atoms with Crippen LogP contribution in [-0.4, -0.2) is 36.8 Å². The fraction of sp³-hybridized carbons (Fsp3) is 0.714. The van der Waals surface area contributed by atoms with Crippen LogP contribution in [0.2, 0.25) is 5.15 Å². The summed E-state index contributed by atoms with van der Waals surface area (Å²) in [4.78, 5) is 11.4. The van der Waals surface area contributed by atoms with Crippen LogP contribution in [-0.2, 0) is 4.74 Å². The van der Waals surface area contributed by atoms with Gasteiger partial charge in [0.2, 0.25) is 0 Å². The van der Waals surface area contributed by atoms with Gasteiger partial charge in [0.15, 0.2) is 0 Å². The highest BCUT2D eigenvalue weighted by atomic mass is 35.5. The molecule has 1 saturated carbocycles. The van der Waals surface area contributed by atoms with Crippen LogP contribution in [0, 0.1) is 5.92 Å². The zero-order valence-electron chi connectivity index (χ0n) is 11.3. The van der Waals surface area contributed by atoms with Gasteiger partial charge in [-0.15, -0.1) is 0 Å². The van der Waals surface area contributed by atoms with Gasteiger partial charge in [0.05, 0.1) is 0 Å². The number of piperidine rings is 1. The van der Waals surface area contributed by atoms with E-state index in [9.17, 15) is 0 Å². The molecule has 0 radical (unpaired) electrons. The van der Waals surface area contributed by atoms with Gasteiger partial charge in [-0.3, -0.25) is 0 Å². The van der Waals surface area contributed by atoms with Gasteiger partial charge in [-0.2, -0.15) is 0 Å². The third kappa shape index (κ3) is 3.18. The molecule has 2 fully saturated rings. The number of aromatic nitrogens is 2. The number of ether oxygens (including phenoxy) is 1. The smallest absolute Gasteiger partial charge is 0.135 e. The predicted octanol–water partition coefficient (Wildman–Crippen LogP) is 2.87. The third-order valence-electron chi connectivity index (χ3n) is 3.98. The Kier molecular flexibility index (Phi) is 3.89. The second-order valence-corrected chi connectivity index (χ2v) is 5.95. The minimum Gasteiger partial charge on any atom is -0.384 e. The summed E-state index contributed by atoms with van der Waals surface area (Å²) >= 11 is 6.12. The summed E-state index contributed by atoms with van der Waals surface area (Å²) in [6.07, 6.45) is 4.73. The van der Waals surface area contributed by atoms with Gasteiger partial charge in [0, 0.05) is 38.8 Å². The van der Waals surface area contributed by atoms with Gasteiger partial charge in [-0.25, -0.2) is 9.97 Å². The van der Waals surface area contributed by atoms with Crippen molar-refractivity contribution in [1.29, 1.82) is 0 Å². The number of halogens is 1. The maximum absolute atomic E-state index is 6.12. The van der Waals surface area contributed by atoms with Crippen molar-refractivity contribution in [2.45, 2.75) is 31.6 Å². The van der Waals surface area contributed by atoms with Gasteiger partial charge >= 0.3 is 0 Å². The molecule has 0 spiro atoms. The molecule has 1 aliphatic heterocycles. The lowest BCUT2D eigenvalue weighted by molar-refractivity contribution is 0.139. The molecule has 2 heterocycles. The van der Waals surface area contributed by atoms with E-state index in [2.05, 4.69) is 14.9 Å². The zero-order chi connectivity index (χ0) is 13.2. The summed E-state index contributed by atoms with van der Waals surface area (Å²) in [7, 11) is 1.78. The highest BCUT2D eigenvalue weighted by Crippen LogP contribution is 2.39. The molecule has 0 N–H and O–H groups in total. The average Bonchev–Trinajstić information content (AvgIpc) is 3.23. The van der Waals surface area contributed by atoms with E-state index in [-0.39, 0.29) is 0 Å². The second kappa shape index (κ2) is 5.63. The summed E-state index contributed by atoms with van der Waals surface area (Å²) in [5, 5.41) is 0.575. The molecular formula is C14H20ClN3O. The van der Waals surface area contributed by atoms with Crippen LogP contribution >= 0.6 is 11.6 Å². The summed E-state index contributed by atoms with van der Waals surface area (Å²) in [5.41, 5.74) is 0. The minimum atomic E-state index is 0.545. The van der Waals surface area contributed by atoms with E-state index in [1.807, 2.05) is 6.07 Å². The zero-order valence-corrected chi connectivity index (χ0v) is 12.1. The summed E-state index contributed by atoms with van der Waals surface area (Å²) in [6.45, 7) is 2.93. The van der Waals surface area contributed by atoms with E-state index in [0.717, 1.165) is 44.2 Å². The van der Waals surface area contributed by atoms with Crippen LogP contribution in [0.5, 0.6) is 0 Å². The lowest BCUT2D eigenvalue weighted by atomic mass is 9.98. The predicted molar refractivity (Wildman–Crippen MR) is 75.8 cm³/mol. The molecule has 5 heteroatoms. The molecule has 0 aromatic carbocycles. The first-order valence-electron chi connectivity index (χ1n) is 7.04. The Balaban J connectivity index is 1.69. The van der Waals surface area contributed by atoms with E-state index in [0.29, 0.717) is 17.0 Å². The molecule has 0 bridgehead atoms. The highest BCUT2D eigenvalue weighted by molar-refractivity contribution is 6.29. The first kappa shape index (κ1) is 13.1. The number of hydrogen-bond donors (Lipinski definition) is 0. The Morgan fingerprint density at radius 2 is 2.00 bits per heavy atom. The number of methoxy groups -OCH3 is 1. The molecule has 0 unspecified atom stereocenters. The summed E-state index contributed by atoms with van der Waals surface area (Å²) < 4.78 is 5.23. The summed E-state index contributed by atoms with van der Waals surface area (Å²) in [5.74, 6) is 3.16. The monoisotopic (exact) mass is 281 g/mol. The molecule has 0 amide bonds. The van der Waals surface area contributed by atoms with E-state index >= 15 is 0 Å². The van der Waals surface area contributed by atoms with Crippen LogP contribution in [0.15, 0.2) is 6.07 Å². The Labute approximate surface area is 119 Å². The molecule has 1 aliphatic carbocycles. The molecule has 19 heavy (non-hydrogen) atoms. The Morgan fingerprint density at radius 1 is 1.26 bits per heavy atom. The largest absolute Gasteiger partial charge is 0.384 e. The van der Waals surface area contributed by atoms with Crippen molar-refractivity contribution < 1.29 is 4.74 Å². The molecule has 104 valence electrons. The lowest BCUT2D eigenvalue weighted by Gasteiger charge is -2.32. The van der Waals surface area contributed by atoms with Gasteiger partial charge < -0.3 is 9.64 Å². The maximum atomic E-state index is 6.12. The van der Waals surface area contributed by atoms with Crippen LogP contribution in [0.25, 0.3) is 0 Å². The molecule has 2 aliphatic rings. The summed E-state index contributed by atoms with van der Waals surface area (Å²) in [6, 6.07) is 1.89. The van der Waals surface area contributed by atoms with E-state index in [4.69, 9.17) is 16.3 Å². The highest BCUT2D eigenvalue weighted by Gasteiger charge is 2.28. The van der Waals surface area contributed by atoms with Crippen LogP contribution < -0.4 is 4.90 Å². The van der Waals surface area contributed by atoms with Crippen molar-refractivity contribution in [3.8, 4) is 0 Å². The Hall–Kier alpha value is -0.870. The number of anilines is 1. The van der Waals surface area contributed by atoms with Crippen molar-refractivity contribution >= 4 is 17.4 Å². The number of nitrogens with zero attached hydrogens (tertiary/aromatic N) is 3. The van der Waals surface area contributed by atoms with E-state index in [1.165, 1.54) is 12.8 Å². The molecule has 1 saturated heterocycles. The average molecular weight is 282 g/mol. The van der Waals surface area contributed by atoms with Crippen molar-refractivity contribution in [2.75, 3.05) is 31.7 Å².